The molecule has 0 atom stereocenters. The monoisotopic (exact) mass is 496 g/mol. The summed E-state index contributed by atoms with van der Waals surface area (Å²) in [6.07, 6.45) is 1.32. The van der Waals surface area contributed by atoms with E-state index < -0.39 is 17.7 Å². The van der Waals surface area contributed by atoms with Gasteiger partial charge in [-0.2, -0.15) is 5.10 Å². The molecule has 0 unspecified atom stereocenters. The molecule has 0 heterocycles. The number of nitrogens with one attached hydrogen (secondary N) is 3. The van der Waals surface area contributed by atoms with Crippen molar-refractivity contribution in [2.45, 2.75) is 0 Å². The zero-order valence-corrected chi connectivity index (χ0v) is 18.3. The van der Waals surface area contributed by atoms with E-state index in [9.17, 15) is 14.4 Å². The number of halogens is 2. The number of amides is 3. The Balaban J connectivity index is 2.04. The lowest BCUT2D eigenvalue weighted by Gasteiger charge is -2.13. The molecule has 0 saturated heterocycles. The summed E-state index contributed by atoms with van der Waals surface area (Å²) in [5.74, 6) is -1.49. The minimum Gasteiger partial charge on any atom is -0.493 e. The molecule has 0 bridgehead atoms. The fourth-order valence-electron chi connectivity index (χ4n) is 2.17. The van der Waals surface area contributed by atoms with Crippen LogP contribution in [0.3, 0.4) is 0 Å². The highest BCUT2D eigenvalue weighted by molar-refractivity contribution is 9.10. The Morgan fingerprint density at radius 1 is 1.20 bits per heavy atom. The molecule has 2 aromatic rings. The van der Waals surface area contributed by atoms with Crippen molar-refractivity contribution in [2.24, 2.45) is 5.10 Å². The van der Waals surface area contributed by atoms with Crippen LogP contribution >= 0.6 is 27.5 Å². The van der Waals surface area contributed by atoms with Crippen molar-refractivity contribution in [3.63, 3.8) is 0 Å². The van der Waals surface area contributed by atoms with Gasteiger partial charge in [-0.25, -0.2) is 5.43 Å². The van der Waals surface area contributed by atoms with Crippen molar-refractivity contribution < 1.29 is 23.9 Å². The predicted octanol–water partition coefficient (Wildman–Crippen LogP) is 2.32. The molecule has 0 radical (unpaired) electrons. The number of hydrogen-bond acceptors (Lipinski definition) is 6. The van der Waals surface area contributed by atoms with Crippen molar-refractivity contribution in [2.75, 3.05) is 26.1 Å². The Bertz CT molecular complexity index is 983. The number of likely N-dealkylation sites (N-methyl/N-ethyl adjacent to an activating group) is 1. The van der Waals surface area contributed by atoms with Crippen molar-refractivity contribution in [1.82, 2.24) is 10.7 Å². The zero-order valence-electron chi connectivity index (χ0n) is 16.0. The lowest BCUT2D eigenvalue weighted by Crippen LogP contribution is -2.35. The first-order valence-electron chi connectivity index (χ1n) is 8.45. The molecule has 0 saturated carbocycles. The highest BCUT2D eigenvalue weighted by atomic mass is 79.9. The topological polar surface area (TPSA) is 118 Å². The van der Waals surface area contributed by atoms with Crippen LogP contribution < -0.4 is 25.5 Å². The van der Waals surface area contributed by atoms with Crippen LogP contribution in [0.5, 0.6) is 11.5 Å². The molecule has 0 aliphatic heterocycles. The minimum atomic E-state index is -0.899. The normalized spacial score (nSPS) is 10.4. The number of benzene rings is 2. The van der Waals surface area contributed by atoms with Crippen LogP contribution in [0.25, 0.3) is 0 Å². The van der Waals surface area contributed by atoms with E-state index in [1.807, 2.05) is 0 Å². The van der Waals surface area contributed by atoms with Gasteiger partial charge < -0.3 is 20.1 Å². The number of rotatable bonds is 7. The van der Waals surface area contributed by atoms with Gasteiger partial charge in [0.1, 0.15) is 0 Å². The number of ether oxygens (including phenoxy) is 2. The standard InChI is InChI=1S/C19H18BrClN4O5/c1-22-18(27)19(28)25-23-9-11-7-12(20)17(15(8-11)29-2)30-10-16(26)24-14-6-4-3-5-13(14)21/h3-9H,10H2,1-2H3,(H,22,27)(H,24,26)(H,25,28)/b23-9-. The molecule has 2 aromatic carbocycles. The third kappa shape index (κ3) is 6.46. The van der Waals surface area contributed by atoms with Gasteiger partial charge in [-0.05, 0) is 45.8 Å². The van der Waals surface area contributed by atoms with Crippen LogP contribution in [0.2, 0.25) is 5.02 Å². The number of nitrogens with zero attached hydrogens (tertiary/aromatic N) is 1. The van der Waals surface area contributed by atoms with Crippen molar-refractivity contribution >= 4 is 57.2 Å². The second-order valence-electron chi connectivity index (χ2n) is 5.63. The molecule has 0 fully saturated rings. The fraction of sp³-hybridized carbons (Fsp3) is 0.158. The molecule has 11 heteroatoms. The first-order valence-corrected chi connectivity index (χ1v) is 9.62. The molecule has 30 heavy (non-hydrogen) atoms. The van der Waals surface area contributed by atoms with E-state index >= 15 is 0 Å². The van der Waals surface area contributed by atoms with E-state index in [1.165, 1.54) is 20.4 Å². The number of methoxy groups -OCH3 is 1. The molecule has 0 aromatic heterocycles. The van der Waals surface area contributed by atoms with Crippen molar-refractivity contribution in [3.05, 3.63) is 51.5 Å². The van der Waals surface area contributed by atoms with Crippen LogP contribution in [-0.4, -0.2) is 44.7 Å². The molecule has 158 valence electrons. The summed E-state index contributed by atoms with van der Waals surface area (Å²) in [4.78, 5) is 34.7. The van der Waals surface area contributed by atoms with Gasteiger partial charge in [0.05, 0.1) is 28.5 Å². The maximum atomic E-state index is 12.2. The minimum absolute atomic E-state index is 0.282. The quantitative estimate of drug-likeness (QED) is 0.308. The fourth-order valence-corrected chi connectivity index (χ4v) is 2.93. The van der Waals surface area contributed by atoms with Gasteiger partial charge in [0.25, 0.3) is 5.91 Å². The van der Waals surface area contributed by atoms with E-state index in [1.54, 1.807) is 36.4 Å². The molecular formula is C19H18BrClN4O5. The van der Waals surface area contributed by atoms with Crippen LogP contribution in [0.1, 0.15) is 5.56 Å². The van der Waals surface area contributed by atoms with E-state index in [4.69, 9.17) is 21.1 Å². The maximum Gasteiger partial charge on any atom is 0.329 e. The van der Waals surface area contributed by atoms with Crippen LogP contribution in [-0.2, 0) is 14.4 Å². The lowest BCUT2D eigenvalue weighted by molar-refractivity contribution is -0.138. The first kappa shape index (κ1) is 23.2. The van der Waals surface area contributed by atoms with Crippen LogP contribution in [0.4, 0.5) is 5.69 Å². The molecule has 0 aliphatic carbocycles. The molecule has 3 amide bonds. The summed E-state index contributed by atoms with van der Waals surface area (Å²) in [5, 5.41) is 8.96. The smallest absolute Gasteiger partial charge is 0.329 e. The molecule has 9 nitrogen and oxygen atoms in total. The number of carbonyl (C=O) groups excluding carboxylic acids is 3. The molecule has 3 N–H and O–H groups in total. The van der Waals surface area contributed by atoms with E-state index in [0.717, 1.165) is 0 Å². The van der Waals surface area contributed by atoms with Crippen molar-refractivity contribution in [3.8, 4) is 11.5 Å². The highest BCUT2D eigenvalue weighted by Gasteiger charge is 2.14. The number of hydrazone groups is 1. The summed E-state index contributed by atoms with van der Waals surface area (Å²) in [6.45, 7) is -0.282. The Kier molecular flexibility index (Phi) is 8.63. The highest BCUT2D eigenvalue weighted by Crippen LogP contribution is 2.36. The van der Waals surface area contributed by atoms with E-state index in [-0.39, 0.29) is 6.61 Å². The van der Waals surface area contributed by atoms with Gasteiger partial charge >= 0.3 is 11.8 Å². The summed E-state index contributed by atoms with van der Waals surface area (Å²) < 4.78 is 11.4. The number of para-hydroxylation sites is 1. The van der Waals surface area contributed by atoms with Gasteiger partial charge in [0, 0.05) is 7.05 Å². The third-order valence-electron chi connectivity index (χ3n) is 3.56. The van der Waals surface area contributed by atoms with Gasteiger partial charge in [-0.1, -0.05) is 23.7 Å². The van der Waals surface area contributed by atoms with Crippen LogP contribution in [0.15, 0.2) is 46.0 Å². The van der Waals surface area contributed by atoms with E-state index in [2.05, 4.69) is 37.1 Å². The number of anilines is 1. The number of carbonyl (C=O) groups is 3. The predicted molar refractivity (Wildman–Crippen MR) is 116 cm³/mol. The number of hydrogen-bond donors (Lipinski definition) is 3. The summed E-state index contributed by atoms with van der Waals surface area (Å²) >= 11 is 9.37. The van der Waals surface area contributed by atoms with Crippen LogP contribution in [0, 0.1) is 0 Å². The maximum absolute atomic E-state index is 12.2. The molecule has 0 aliphatic rings. The summed E-state index contributed by atoms with van der Waals surface area (Å²) in [7, 11) is 2.77. The van der Waals surface area contributed by atoms with E-state index in [0.29, 0.717) is 32.2 Å². The summed E-state index contributed by atoms with van der Waals surface area (Å²) in [5.41, 5.74) is 3.11. The SMILES string of the molecule is CNC(=O)C(=O)N/N=C\c1cc(Br)c(OCC(=O)Nc2ccccc2Cl)c(OC)c1. The zero-order chi connectivity index (χ0) is 22.1. The first-order chi connectivity index (χ1) is 14.3. The van der Waals surface area contributed by atoms with Gasteiger partial charge in [-0.15, -0.1) is 0 Å². The largest absolute Gasteiger partial charge is 0.493 e. The molecular weight excluding hydrogens is 480 g/mol. The van der Waals surface area contributed by atoms with Gasteiger partial charge in [0.15, 0.2) is 18.1 Å². The van der Waals surface area contributed by atoms with Gasteiger partial charge in [-0.3, -0.25) is 14.4 Å². The summed E-state index contributed by atoms with van der Waals surface area (Å²) in [6, 6.07) is 10.1. The second kappa shape index (κ2) is 11.2. The Morgan fingerprint density at radius 2 is 1.93 bits per heavy atom. The van der Waals surface area contributed by atoms with Gasteiger partial charge in [0.2, 0.25) is 0 Å². The molecule has 2 rings (SSSR count). The second-order valence-corrected chi connectivity index (χ2v) is 6.89. The Hall–Kier alpha value is -3.11. The molecule has 0 spiro atoms. The van der Waals surface area contributed by atoms with Crippen molar-refractivity contribution in [1.29, 1.82) is 0 Å². The Morgan fingerprint density at radius 3 is 2.60 bits per heavy atom. The average Bonchev–Trinajstić information content (AvgIpc) is 2.73. The lowest BCUT2D eigenvalue weighted by atomic mass is 10.2. The average molecular weight is 498 g/mol. The third-order valence-corrected chi connectivity index (χ3v) is 4.48. The Labute approximate surface area is 185 Å².